The third-order valence-corrected chi connectivity index (χ3v) is 6.25. The zero-order valence-corrected chi connectivity index (χ0v) is 20.0. The Balaban J connectivity index is 1.70. The normalized spacial score (nSPS) is 10.6. The summed E-state index contributed by atoms with van der Waals surface area (Å²) in [5, 5.41) is 14.8. The van der Waals surface area contributed by atoms with Crippen molar-refractivity contribution in [3.8, 4) is 21.9 Å². The molecule has 0 aliphatic rings. The number of anilines is 1. The van der Waals surface area contributed by atoms with E-state index in [1.807, 2.05) is 60.7 Å². The van der Waals surface area contributed by atoms with Crippen molar-refractivity contribution >= 4 is 28.1 Å². The number of nitrogens with one attached hydrogen (secondary N) is 1. The van der Waals surface area contributed by atoms with Gasteiger partial charge in [-0.05, 0) is 18.1 Å². The lowest BCUT2D eigenvalue weighted by Crippen LogP contribution is -2.14. The second-order valence-corrected chi connectivity index (χ2v) is 8.49. The molecular weight excluding hydrogens is 466 g/mol. The van der Waals surface area contributed by atoms with Crippen molar-refractivity contribution in [2.45, 2.75) is 13.3 Å². The second-order valence-electron chi connectivity index (χ2n) is 7.49. The lowest BCUT2D eigenvalue weighted by Gasteiger charge is -2.11. The lowest BCUT2D eigenvalue weighted by atomic mass is 10.1. The van der Waals surface area contributed by atoms with E-state index < -0.39 is 10.8 Å². The number of methoxy groups -OCH3 is 1. The van der Waals surface area contributed by atoms with Crippen molar-refractivity contribution < 1.29 is 19.2 Å². The largest absolute Gasteiger partial charge is 0.493 e. The van der Waals surface area contributed by atoms with E-state index >= 15 is 0 Å². The Morgan fingerprint density at radius 3 is 2.37 bits per heavy atom. The molecule has 0 atom stereocenters. The van der Waals surface area contributed by atoms with Gasteiger partial charge in [0.2, 0.25) is 0 Å². The molecule has 0 unspecified atom stereocenters. The molecule has 178 valence electrons. The van der Waals surface area contributed by atoms with E-state index in [9.17, 15) is 14.9 Å². The van der Waals surface area contributed by atoms with Gasteiger partial charge in [-0.3, -0.25) is 20.2 Å². The van der Waals surface area contributed by atoms with E-state index in [0.717, 1.165) is 21.7 Å². The lowest BCUT2D eigenvalue weighted by molar-refractivity contribution is -0.385. The van der Waals surface area contributed by atoms with Gasteiger partial charge in [0.15, 0.2) is 16.6 Å². The predicted octanol–water partition coefficient (Wildman–Crippen LogP) is 5.97. The van der Waals surface area contributed by atoms with E-state index in [0.29, 0.717) is 18.2 Å². The maximum atomic E-state index is 13.2. The summed E-state index contributed by atoms with van der Waals surface area (Å²) in [5.41, 5.74) is 2.35. The van der Waals surface area contributed by atoms with E-state index in [-0.39, 0.29) is 22.7 Å². The van der Waals surface area contributed by atoms with Crippen molar-refractivity contribution in [2.24, 2.45) is 0 Å². The first-order chi connectivity index (χ1) is 17.0. The van der Waals surface area contributed by atoms with Gasteiger partial charge in [0, 0.05) is 12.5 Å². The number of amides is 1. The smallest absolute Gasteiger partial charge is 0.286 e. The number of nitrogens with zero attached hydrogens (tertiary/aromatic N) is 2. The first-order valence-corrected chi connectivity index (χ1v) is 11.7. The van der Waals surface area contributed by atoms with E-state index in [1.165, 1.54) is 30.6 Å². The summed E-state index contributed by atoms with van der Waals surface area (Å²) >= 11 is 1.32. The Hall–Kier alpha value is -4.24. The van der Waals surface area contributed by atoms with Crippen LogP contribution in [0.2, 0.25) is 0 Å². The molecule has 1 aromatic heterocycles. The maximum absolute atomic E-state index is 13.2. The Bertz CT molecular complexity index is 1340. The number of nitro groups is 1. The van der Waals surface area contributed by atoms with Gasteiger partial charge >= 0.3 is 0 Å². The van der Waals surface area contributed by atoms with Crippen LogP contribution in [0.25, 0.3) is 10.4 Å². The quantitative estimate of drug-likeness (QED) is 0.229. The number of aromatic nitrogens is 1. The highest BCUT2D eigenvalue weighted by molar-refractivity contribution is 7.19. The standard InChI is InChI=1S/C26H23N3O5S/c1-3-34-23-15-19(21(29(31)32)16-22(23)33-2)25(30)28-26-27-20(14-17-10-6-4-7-11-17)24(35-26)18-12-8-5-9-13-18/h4-13,15-16H,3,14H2,1-2H3,(H,27,28,30). The summed E-state index contributed by atoms with van der Waals surface area (Å²) in [6.45, 7) is 2.08. The minimum absolute atomic E-state index is 0.139. The SMILES string of the molecule is CCOc1cc(C(=O)Nc2nc(Cc3ccccc3)c(-c3ccccc3)s2)c([N+](=O)[O-])cc1OC. The summed E-state index contributed by atoms with van der Waals surface area (Å²) in [5.74, 6) is -0.222. The number of benzene rings is 3. The van der Waals surface area contributed by atoms with Gasteiger partial charge in [0.1, 0.15) is 5.56 Å². The molecule has 1 N–H and O–H groups in total. The first kappa shape index (κ1) is 23.9. The van der Waals surface area contributed by atoms with Gasteiger partial charge in [-0.15, -0.1) is 0 Å². The minimum Gasteiger partial charge on any atom is -0.493 e. The number of ether oxygens (including phenoxy) is 2. The third kappa shape index (κ3) is 5.47. The Kier molecular flexibility index (Phi) is 7.37. The molecule has 0 aliphatic heterocycles. The fraction of sp³-hybridized carbons (Fsp3) is 0.154. The summed E-state index contributed by atoms with van der Waals surface area (Å²) in [7, 11) is 1.39. The van der Waals surface area contributed by atoms with Gasteiger partial charge in [-0.1, -0.05) is 72.0 Å². The highest BCUT2D eigenvalue weighted by atomic mass is 32.1. The molecule has 9 heteroatoms. The molecule has 0 bridgehead atoms. The molecule has 4 aromatic rings. The molecule has 4 rings (SSSR count). The Morgan fingerprint density at radius 2 is 1.74 bits per heavy atom. The van der Waals surface area contributed by atoms with Crippen LogP contribution in [-0.4, -0.2) is 29.5 Å². The molecule has 0 fully saturated rings. The Labute approximate surface area is 206 Å². The summed E-state index contributed by atoms with van der Waals surface area (Å²) in [4.78, 5) is 29.8. The third-order valence-electron chi connectivity index (χ3n) is 5.19. The van der Waals surface area contributed by atoms with Gasteiger partial charge in [0.25, 0.3) is 11.6 Å². The van der Waals surface area contributed by atoms with Crippen LogP contribution in [0, 0.1) is 10.1 Å². The zero-order chi connectivity index (χ0) is 24.8. The van der Waals surface area contributed by atoms with Crippen LogP contribution in [0.1, 0.15) is 28.5 Å². The molecule has 0 saturated heterocycles. The fourth-order valence-electron chi connectivity index (χ4n) is 3.60. The molecule has 3 aromatic carbocycles. The van der Waals surface area contributed by atoms with Crippen LogP contribution in [-0.2, 0) is 6.42 Å². The van der Waals surface area contributed by atoms with Crippen molar-refractivity contribution in [1.29, 1.82) is 0 Å². The summed E-state index contributed by atoms with van der Waals surface area (Å²) in [6.07, 6.45) is 0.578. The van der Waals surface area contributed by atoms with Gasteiger partial charge < -0.3 is 9.47 Å². The van der Waals surface area contributed by atoms with E-state index in [4.69, 9.17) is 9.47 Å². The molecular formula is C26H23N3O5S. The first-order valence-electron chi connectivity index (χ1n) is 10.9. The second kappa shape index (κ2) is 10.8. The number of thiazole rings is 1. The highest BCUT2D eigenvalue weighted by Gasteiger charge is 2.26. The molecule has 1 amide bonds. The zero-order valence-electron chi connectivity index (χ0n) is 19.2. The highest BCUT2D eigenvalue weighted by Crippen LogP contribution is 2.37. The van der Waals surface area contributed by atoms with Crippen LogP contribution in [0.4, 0.5) is 10.8 Å². The number of hydrogen-bond donors (Lipinski definition) is 1. The number of rotatable bonds is 9. The average molecular weight is 490 g/mol. The van der Waals surface area contributed by atoms with Crippen molar-refractivity contribution in [3.05, 3.63) is 99.7 Å². The van der Waals surface area contributed by atoms with E-state index in [1.54, 1.807) is 6.92 Å². The molecule has 8 nitrogen and oxygen atoms in total. The van der Waals surface area contributed by atoms with Crippen LogP contribution < -0.4 is 14.8 Å². The van der Waals surface area contributed by atoms with Crippen LogP contribution in [0.3, 0.4) is 0 Å². The molecule has 35 heavy (non-hydrogen) atoms. The number of carbonyl (C=O) groups is 1. The minimum atomic E-state index is -0.653. The molecule has 0 spiro atoms. The average Bonchev–Trinajstić information content (AvgIpc) is 3.26. The van der Waals surface area contributed by atoms with Gasteiger partial charge in [0.05, 0.1) is 35.3 Å². The predicted molar refractivity (Wildman–Crippen MR) is 136 cm³/mol. The monoisotopic (exact) mass is 489 g/mol. The topological polar surface area (TPSA) is 104 Å². The fourth-order valence-corrected chi connectivity index (χ4v) is 4.59. The van der Waals surface area contributed by atoms with Crippen LogP contribution >= 0.6 is 11.3 Å². The summed E-state index contributed by atoms with van der Waals surface area (Å²) < 4.78 is 10.7. The Morgan fingerprint density at radius 1 is 1.06 bits per heavy atom. The number of carbonyl (C=O) groups excluding carboxylic acids is 1. The van der Waals surface area contributed by atoms with Gasteiger partial charge in [-0.2, -0.15) is 0 Å². The summed E-state index contributed by atoms with van der Waals surface area (Å²) in [6, 6.07) is 22.2. The van der Waals surface area contributed by atoms with Crippen LogP contribution in [0.5, 0.6) is 11.5 Å². The van der Waals surface area contributed by atoms with Crippen molar-refractivity contribution in [2.75, 3.05) is 19.0 Å². The van der Waals surface area contributed by atoms with Gasteiger partial charge in [-0.25, -0.2) is 4.98 Å². The molecule has 0 saturated carbocycles. The number of nitro benzene ring substituents is 1. The van der Waals surface area contributed by atoms with Crippen LogP contribution in [0.15, 0.2) is 72.8 Å². The molecule has 0 radical (unpaired) electrons. The van der Waals surface area contributed by atoms with E-state index in [2.05, 4.69) is 10.3 Å². The molecule has 1 heterocycles. The molecule has 0 aliphatic carbocycles. The van der Waals surface area contributed by atoms with Crippen molar-refractivity contribution in [1.82, 2.24) is 4.98 Å². The maximum Gasteiger partial charge on any atom is 0.286 e. The van der Waals surface area contributed by atoms with Crippen molar-refractivity contribution in [3.63, 3.8) is 0 Å². The number of hydrogen-bond acceptors (Lipinski definition) is 7.